The van der Waals surface area contributed by atoms with Gasteiger partial charge in [-0.25, -0.2) is 0 Å². The Hall–Kier alpha value is -0.210. The summed E-state index contributed by atoms with van der Waals surface area (Å²) < 4.78 is 22.3. The summed E-state index contributed by atoms with van der Waals surface area (Å²) >= 11 is 0. The Balaban J connectivity index is 2.89. The second-order valence-electron chi connectivity index (χ2n) is 5.73. The van der Waals surface area contributed by atoms with E-state index in [-0.39, 0.29) is 35.9 Å². The molecule has 1 aliphatic rings. The van der Waals surface area contributed by atoms with Crippen molar-refractivity contribution >= 4 is 28.4 Å². The minimum atomic E-state index is -0.267. The summed E-state index contributed by atoms with van der Waals surface area (Å²) in [6.45, 7) is 10.4. The summed E-state index contributed by atoms with van der Waals surface area (Å²) in [7, 11) is 1.50. The van der Waals surface area contributed by atoms with Crippen LogP contribution in [0.5, 0.6) is 0 Å². The van der Waals surface area contributed by atoms with Crippen LogP contribution in [0, 0.1) is 11.8 Å². The standard InChI is InChI=1S/C13H25B2O4P/c1-6-7(2)11-13(20-15-14-17)8(3)12(9(4)18-11)19-10(5)16/h7-9,11-13,15,20H,6H2,1-5H3/t7-,8+,9?,11?,12?,13-/m0/s1. The molecular formula is C13H25B2O4P. The summed E-state index contributed by atoms with van der Waals surface area (Å²) in [5.41, 5.74) is 0.288. The van der Waals surface area contributed by atoms with E-state index in [9.17, 15) is 9.50 Å². The van der Waals surface area contributed by atoms with Crippen molar-refractivity contribution in [1.82, 2.24) is 0 Å². The van der Waals surface area contributed by atoms with Crippen LogP contribution in [-0.2, 0) is 19.0 Å². The fourth-order valence-corrected chi connectivity index (χ4v) is 4.51. The zero-order valence-corrected chi connectivity index (χ0v) is 14.1. The van der Waals surface area contributed by atoms with Crippen LogP contribution in [-0.4, -0.2) is 43.9 Å². The first-order valence-corrected chi connectivity index (χ1v) is 8.70. The Kier molecular flexibility index (Phi) is 7.39. The molecule has 1 saturated heterocycles. The van der Waals surface area contributed by atoms with E-state index in [0.29, 0.717) is 21.3 Å². The van der Waals surface area contributed by atoms with Gasteiger partial charge < -0.3 is 0 Å². The molecule has 0 bridgehead atoms. The molecule has 1 fully saturated rings. The first kappa shape index (κ1) is 17.8. The van der Waals surface area contributed by atoms with Crippen LogP contribution in [0.15, 0.2) is 0 Å². The normalized spacial score (nSPS) is 35.5. The second kappa shape index (κ2) is 8.29. The third-order valence-electron chi connectivity index (χ3n) is 4.22. The van der Waals surface area contributed by atoms with Gasteiger partial charge in [0.25, 0.3) is 0 Å². The molecule has 0 aliphatic carbocycles. The zero-order chi connectivity index (χ0) is 15.3. The van der Waals surface area contributed by atoms with Gasteiger partial charge in [-0.05, 0) is 0 Å². The van der Waals surface area contributed by atoms with E-state index >= 15 is 0 Å². The van der Waals surface area contributed by atoms with Gasteiger partial charge in [0.2, 0.25) is 0 Å². The first-order valence-electron chi connectivity index (χ1n) is 7.42. The number of rotatable bonds is 6. The van der Waals surface area contributed by atoms with Gasteiger partial charge in [0.05, 0.1) is 0 Å². The predicted octanol–water partition coefficient (Wildman–Crippen LogP) is 1.75. The van der Waals surface area contributed by atoms with Crippen LogP contribution in [0.4, 0.5) is 0 Å². The molecular weight excluding hydrogens is 273 g/mol. The Bertz CT molecular complexity index is 342. The number of hydrogen-bond acceptors (Lipinski definition) is 4. The maximum absolute atomic E-state index is 11.3. The van der Waals surface area contributed by atoms with E-state index in [1.165, 1.54) is 6.92 Å². The molecule has 0 saturated carbocycles. The fourth-order valence-electron chi connectivity index (χ4n) is 2.94. The third-order valence-corrected chi connectivity index (χ3v) is 5.94. The van der Waals surface area contributed by atoms with Crippen molar-refractivity contribution in [1.29, 1.82) is 0 Å². The van der Waals surface area contributed by atoms with Crippen molar-refractivity contribution in [3.63, 3.8) is 0 Å². The Morgan fingerprint density at radius 1 is 1.50 bits per heavy atom. The maximum atomic E-state index is 11.3. The van der Waals surface area contributed by atoms with E-state index in [2.05, 4.69) is 20.8 Å². The molecule has 112 valence electrons. The number of ether oxygens (including phenoxy) is 2. The quantitative estimate of drug-likeness (QED) is 0.426. The molecule has 20 heavy (non-hydrogen) atoms. The Morgan fingerprint density at radius 3 is 2.65 bits per heavy atom. The van der Waals surface area contributed by atoms with Crippen LogP contribution in [0.3, 0.4) is 0 Å². The second-order valence-corrected chi connectivity index (χ2v) is 7.21. The fraction of sp³-hybridized carbons (Fsp3) is 0.923. The van der Waals surface area contributed by atoms with Gasteiger partial charge in [0, 0.05) is 0 Å². The average molecular weight is 298 g/mol. The molecule has 7 heteroatoms. The molecule has 7 atom stereocenters. The van der Waals surface area contributed by atoms with Crippen LogP contribution >= 0.6 is 8.46 Å². The van der Waals surface area contributed by atoms with Crippen LogP contribution in [0.25, 0.3) is 0 Å². The van der Waals surface area contributed by atoms with Crippen molar-refractivity contribution in [3.05, 3.63) is 0 Å². The number of carbonyl (C=O) groups is 1. The minimum absolute atomic E-state index is 0.0924. The van der Waals surface area contributed by atoms with Crippen molar-refractivity contribution in [2.45, 2.75) is 65.0 Å². The SMILES string of the molecule is CC[C@H](C)C1OC(C)C(OC(C)=O)[C@@H](C)[C@@H]1PBB=O. The third kappa shape index (κ3) is 4.39. The first-order chi connectivity index (χ1) is 9.42. The molecule has 1 rings (SSSR count). The summed E-state index contributed by atoms with van der Waals surface area (Å²) in [6.07, 6.45) is 0.891. The summed E-state index contributed by atoms with van der Waals surface area (Å²) in [5, 5.41) is 0. The molecule has 0 radical (unpaired) electrons. The van der Waals surface area contributed by atoms with E-state index in [4.69, 9.17) is 9.47 Å². The van der Waals surface area contributed by atoms with Gasteiger partial charge in [-0.2, -0.15) is 0 Å². The average Bonchev–Trinajstić information content (AvgIpc) is 2.40. The van der Waals surface area contributed by atoms with Crippen LogP contribution in [0.2, 0.25) is 0 Å². The van der Waals surface area contributed by atoms with Gasteiger partial charge in [0.1, 0.15) is 0 Å². The van der Waals surface area contributed by atoms with Gasteiger partial charge in [0.15, 0.2) is 0 Å². The van der Waals surface area contributed by atoms with E-state index in [1.54, 1.807) is 0 Å². The van der Waals surface area contributed by atoms with Gasteiger partial charge in [-0.15, -0.1) is 0 Å². The molecule has 0 N–H and O–H groups in total. The van der Waals surface area contributed by atoms with Crippen LogP contribution in [0.1, 0.15) is 41.0 Å². The van der Waals surface area contributed by atoms with E-state index < -0.39 is 0 Å². The number of esters is 1. The van der Waals surface area contributed by atoms with E-state index in [1.807, 2.05) is 6.92 Å². The molecule has 0 aromatic heterocycles. The molecule has 0 spiro atoms. The molecule has 1 aliphatic heterocycles. The van der Waals surface area contributed by atoms with Crippen molar-refractivity contribution in [3.8, 4) is 0 Å². The Morgan fingerprint density at radius 2 is 2.15 bits per heavy atom. The summed E-state index contributed by atoms with van der Waals surface area (Å²) in [6, 6.07) is 0. The molecule has 0 amide bonds. The zero-order valence-electron chi connectivity index (χ0n) is 13.1. The monoisotopic (exact) mass is 298 g/mol. The van der Waals surface area contributed by atoms with Crippen molar-refractivity contribution < 1.29 is 19.0 Å². The Labute approximate surface area is 125 Å². The van der Waals surface area contributed by atoms with Gasteiger partial charge in [-0.1, -0.05) is 0 Å². The number of hydrogen-bond donors (Lipinski definition) is 0. The summed E-state index contributed by atoms with van der Waals surface area (Å²) in [5.74, 6) is 0.402. The summed E-state index contributed by atoms with van der Waals surface area (Å²) in [4.78, 5) is 11.3. The molecule has 4 nitrogen and oxygen atoms in total. The van der Waals surface area contributed by atoms with E-state index in [0.717, 1.165) is 13.5 Å². The van der Waals surface area contributed by atoms with Gasteiger partial charge in [-0.3, -0.25) is 0 Å². The van der Waals surface area contributed by atoms with Crippen molar-refractivity contribution in [2.75, 3.05) is 0 Å². The topological polar surface area (TPSA) is 52.6 Å². The van der Waals surface area contributed by atoms with Crippen LogP contribution < -0.4 is 0 Å². The molecule has 4 unspecified atom stereocenters. The number of carbonyl (C=O) groups excluding carboxylic acids is 1. The van der Waals surface area contributed by atoms with Gasteiger partial charge >= 0.3 is 124 Å². The van der Waals surface area contributed by atoms with Crippen molar-refractivity contribution in [2.24, 2.45) is 11.8 Å². The molecule has 0 aromatic rings. The molecule has 1 heterocycles. The predicted molar refractivity (Wildman–Crippen MR) is 84.2 cm³/mol. The molecule has 0 aromatic carbocycles.